The van der Waals surface area contributed by atoms with E-state index in [2.05, 4.69) is 11.7 Å². The van der Waals surface area contributed by atoms with Crippen LogP contribution in [0.2, 0.25) is 0 Å². The molecule has 2 aromatic carbocycles. The highest BCUT2D eigenvalue weighted by Gasteiger charge is 2.31. The van der Waals surface area contributed by atoms with Crippen LogP contribution in [-0.2, 0) is 10.0 Å². The molecule has 2 aliphatic heterocycles. The molecule has 2 heterocycles. The molecule has 2 aliphatic rings. The van der Waals surface area contributed by atoms with Gasteiger partial charge in [-0.15, -0.1) is 0 Å². The summed E-state index contributed by atoms with van der Waals surface area (Å²) >= 11 is 0. The molecule has 4 rings (SSSR count). The lowest BCUT2D eigenvalue weighted by atomic mass is 10.0. The first-order valence-corrected chi connectivity index (χ1v) is 11.1. The Bertz CT molecular complexity index is 1220. The summed E-state index contributed by atoms with van der Waals surface area (Å²) in [5.74, 6) is -0.344. The lowest BCUT2D eigenvalue weighted by Crippen LogP contribution is -2.37. The van der Waals surface area contributed by atoms with Gasteiger partial charge in [-0.05, 0) is 48.0 Å². The van der Waals surface area contributed by atoms with Gasteiger partial charge in [0.05, 0.1) is 22.0 Å². The number of rotatable bonds is 5. The van der Waals surface area contributed by atoms with Gasteiger partial charge in [0, 0.05) is 32.9 Å². The molecular weight excluding hydrogens is 417 g/mol. The topological polar surface area (TPSA) is 68.6 Å². The number of allylic oxidation sites excluding steroid dienone is 1. The Hall–Kier alpha value is -3.30. The monoisotopic (exact) mass is 439 g/mol. The fourth-order valence-corrected chi connectivity index (χ4v) is 4.33. The molecule has 160 valence electrons. The van der Waals surface area contributed by atoms with Crippen LogP contribution < -0.4 is 10.0 Å². The number of hydrazone groups is 2. The summed E-state index contributed by atoms with van der Waals surface area (Å²) in [6.07, 6.45) is 5.90. The summed E-state index contributed by atoms with van der Waals surface area (Å²) in [6.45, 7) is 4.09. The van der Waals surface area contributed by atoms with Crippen LogP contribution in [0, 0.1) is 5.82 Å². The number of halogens is 1. The lowest BCUT2D eigenvalue weighted by Gasteiger charge is -2.29. The minimum Gasteiger partial charge on any atom is -0.256 e. The normalized spacial score (nSPS) is 18.8. The number of hydrogen-bond donors (Lipinski definition) is 0. The molecule has 1 atom stereocenters. The Morgan fingerprint density at radius 2 is 1.87 bits per heavy atom. The van der Waals surface area contributed by atoms with E-state index in [-0.39, 0.29) is 16.8 Å². The van der Waals surface area contributed by atoms with Gasteiger partial charge in [-0.3, -0.25) is 5.01 Å². The maximum Gasteiger partial charge on any atom is 0.242 e. The Balaban J connectivity index is 1.68. The van der Waals surface area contributed by atoms with E-state index in [1.807, 2.05) is 6.08 Å². The average molecular weight is 440 g/mol. The SMILES string of the molecule is C=C1C=CN(c2cccc(S(=O)(=O)N(C)C)c2)N=C1C1CC=NN1c1cccc(F)c1. The van der Waals surface area contributed by atoms with E-state index in [1.54, 1.807) is 58.8 Å². The number of sulfonamides is 1. The maximum atomic E-state index is 13.7. The summed E-state index contributed by atoms with van der Waals surface area (Å²) in [6, 6.07) is 12.6. The zero-order valence-electron chi connectivity index (χ0n) is 17.2. The van der Waals surface area contributed by atoms with Crippen molar-refractivity contribution in [2.75, 3.05) is 24.1 Å². The summed E-state index contributed by atoms with van der Waals surface area (Å²) in [7, 11) is -0.594. The molecule has 0 radical (unpaired) electrons. The third-order valence-corrected chi connectivity index (χ3v) is 6.85. The van der Waals surface area contributed by atoms with Crippen molar-refractivity contribution >= 4 is 33.3 Å². The van der Waals surface area contributed by atoms with Gasteiger partial charge in [-0.1, -0.05) is 18.7 Å². The van der Waals surface area contributed by atoms with Gasteiger partial charge in [0.2, 0.25) is 10.0 Å². The minimum atomic E-state index is -3.57. The molecule has 31 heavy (non-hydrogen) atoms. The Kier molecular flexibility index (Phi) is 5.47. The van der Waals surface area contributed by atoms with Gasteiger partial charge in [0.25, 0.3) is 0 Å². The molecule has 9 heteroatoms. The van der Waals surface area contributed by atoms with E-state index in [0.29, 0.717) is 29.1 Å². The second kappa shape index (κ2) is 8.09. The first kappa shape index (κ1) is 21.0. The number of nitrogens with zero attached hydrogens (tertiary/aromatic N) is 5. The summed E-state index contributed by atoms with van der Waals surface area (Å²) in [5.41, 5.74) is 2.60. The number of anilines is 2. The molecule has 0 aromatic heterocycles. The quantitative estimate of drug-likeness (QED) is 0.714. The predicted octanol–water partition coefficient (Wildman–Crippen LogP) is 3.59. The van der Waals surface area contributed by atoms with Crippen molar-refractivity contribution in [1.82, 2.24) is 4.31 Å². The van der Waals surface area contributed by atoms with Crippen LogP contribution in [0.15, 0.2) is 88.1 Å². The number of hydrogen-bond acceptors (Lipinski definition) is 6. The average Bonchev–Trinajstić information content (AvgIpc) is 3.24. The van der Waals surface area contributed by atoms with Crippen LogP contribution >= 0.6 is 0 Å². The zero-order valence-corrected chi connectivity index (χ0v) is 18.0. The van der Waals surface area contributed by atoms with Gasteiger partial charge in [0.1, 0.15) is 11.9 Å². The zero-order chi connectivity index (χ0) is 22.2. The highest BCUT2D eigenvalue weighted by atomic mass is 32.2. The molecule has 0 bridgehead atoms. The number of benzene rings is 2. The smallest absolute Gasteiger partial charge is 0.242 e. The summed E-state index contributed by atoms with van der Waals surface area (Å²) < 4.78 is 39.9. The fourth-order valence-electron chi connectivity index (χ4n) is 3.39. The molecule has 0 saturated carbocycles. The minimum absolute atomic E-state index is 0.176. The van der Waals surface area contributed by atoms with Gasteiger partial charge >= 0.3 is 0 Å². The van der Waals surface area contributed by atoms with Crippen molar-refractivity contribution in [1.29, 1.82) is 0 Å². The summed E-state index contributed by atoms with van der Waals surface area (Å²) in [4.78, 5) is 0.176. The Morgan fingerprint density at radius 3 is 2.61 bits per heavy atom. The van der Waals surface area contributed by atoms with Crippen LogP contribution in [0.25, 0.3) is 0 Å². The van der Waals surface area contributed by atoms with Gasteiger partial charge in [-0.25, -0.2) is 22.1 Å². The molecule has 0 amide bonds. The molecule has 0 aliphatic carbocycles. The van der Waals surface area contributed by atoms with E-state index >= 15 is 0 Å². The first-order valence-electron chi connectivity index (χ1n) is 9.62. The summed E-state index contributed by atoms with van der Waals surface area (Å²) in [5, 5.41) is 12.4. The molecule has 1 unspecified atom stereocenters. The second-order valence-corrected chi connectivity index (χ2v) is 9.48. The molecule has 7 nitrogen and oxygen atoms in total. The molecule has 0 fully saturated rings. The highest BCUT2D eigenvalue weighted by Crippen LogP contribution is 2.29. The third kappa shape index (κ3) is 4.01. The molecule has 2 aromatic rings. The van der Waals surface area contributed by atoms with Crippen molar-refractivity contribution in [3.8, 4) is 0 Å². The van der Waals surface area contributed by atoms with Crippen LogP contribution in [0.1, 0.15) is 6.42 Å². The lowest BCUT2D eigenvalue weighted by molar-refractivity contribution is 0.521. The van der Waals surface area contributed by atoms with Crippen LogP contribution in [0.4, 0.5) is 15.8 Å². The maximum absolute atomic E-state index is 13.7. The van der Waals surface area contributed by atoms with E-state index in [9.17, 15) is 12.8 Å². The van der Waals surface area contributed by atoms with Crippen LogP contribution in [0.5, 0.6) is 0 Å². The van der Waals surface area contributed by atoms with E-state index in [0.717, 1.165) is 0 Å². The van der Waals surface area contributed by atoms with Crippen molar-refractivity contribution in [3.63, 3.8) is 0 Å². The van der Waals surface area contributed by atoms with Crippen LogP contribution in [-0.4, -0.2) is 44.8 Å². The van der Waals surface area contributed by atoms with Crippen molar-refractivity contribution in [2.45, 2.75) is 17.4 Å². The molecule has 0 spiro atoms. The van der Waals surface area contributed by atoms with E-state index in [1.165, 1.54) is 30.5 Å². The predicted molar refractivity (Wildman–Crippen MR) is 121 cm³/mol. The Morgan fingerprint density at radius 1 is 1.13 bits per heavy atom. The second-order valence-electron chi connectivity index (χ2n) is 7.33. The van der Waals surface area contributed by atoms with Gasteiger partial charge in [-0.2, -0.15) is 10.2 Å². The molecule has 0 saturated heterocycles. The van der Waals surface area contributed by atoms with E-state index in [4.69, 9.17) is 5.10 Å². The van der Waals surface area contributed by atoms with Crippen LogP contribution in [0.3, 0.4) is 0 Å². The standard InChI is InChI=1S/C22H22FN5O2S/c1-16-11-13-27(18-7-5-9-20(15-18)31(29,30)26(2)3)25-22(16)21-10-12-24-28(21)19-8-4-6-17(23)14-19/h4-9,11-15,21H,1,10H2,2-3H3. The molecule has 0 N–H and O–H groups in total. The van der Waals surface area contributed by atoms with Gasteiger partial charge in [0.15, 0.2) is 0 Å². The first-order chi connectivity index (χ1) is 14.8. The van der Waals surface area contributed by atoms with Crippen molar-refractivity contribution in [3.05, 3.63) is 78.8 Å². The Labute approximate surface area is 181 Å². The molecular formula is C22H22FN5O2S. The van der Waals surface area contributed by atoms with E-state index < -0.39 is 10.0 Å². The van der Waals surface area contributed by atoms with Crippen molar-refractivity contribution in [2.24, 2.45) is 10.2 Å². The van der Waals surface area contributed by atoms with Crippen molar-refractivity contribution < 1.29 is 12.8 Å². The largest absolute Gasteiger partial charge is 0.256 e. The third-order valence-electron chi connectivity index (χ3n) is 5.04. The fraction of sp³-hybridized carbons (Fsp3) is 0.182. The van der Waals surface area contributed by atoms with Gasteiger partial charge < -0.3 is 0 Å². The highest BCUT2D eigenvalue weighted by molar-refractivity contribution is 7.89.